The molecule has 0 spiro atoms. The van der Waals surface area contributed by atoms with Crippen molar-refractivity contribution in [3.8, 4) is 11.4 Å². The number of halogens is 3. The highest BCUT2D eigenvalue weighted by Crippen LogP contribution is 2.34. The molecule has 1 amide bonds. The van der Waals surface area contributed by atoms with Crippen LogP contribution in [0, 0.1) is 13.8 Å². The minimum atomic E-state index is -4.77. The number of amides is 1. The van der Waals surface area contributed by atoms with Gasteiger partial charge in [-0.2, -0.15) is 18.2 Å². The predicted octanol–water partition coefficient (Wildman–Crippen LogP) is 4.50. The van der Waals surface area contributed by atoms with Crippen LogP contribution >= 0.6 is 0 Å². The van der Waals surface area contributed by atoms with Crippen molar-refractivity contribution in [2.45, 2.75) is 45.4 Å². The molecule has 34 heavy (non-hydrogen) atoms. The predicted molar refractivity (Wildman–Crippen MR) is 117 cm³/mol. The van der Waals surface area contributed by atoms with E-state index in [1.165, 1.54) is 6.20 Å². The third kappa shape index (κ3) is 4.38. The highest BCUT2D eigenvalue weighted by molar-refractivity contribution is 6.04. The van der Waals surface area contributed by atoms with Crippen LogP contribution in [0.1, 0.15) is 40.9 Å². The summed E-state index contributed by atoms with van der Waals surface area (Å²) in [7, 11) is 0. The first-order chi connectivity index (χ1) is 16.0. The van der Waals surface area contributed by atoms with Crippen LogP contribution < -0.4 is 5.32 Å². The fourth-order valence-electron chi connectivity index (χ4n) is 3.52. The van der Waals surface area contributed by atoms with Crippen molar-refractivity contribution in [3.05, 3.63) is 65.4 Å². The van der Waals surface area contributed by atoms with E-state index >= 15 is 0 Å². The molecule has 0 aliphatic heterocycles. The van der Waals surface area contributed by atoms with Crippen molar-refractivity contribution in [2.24, 2.45) is 0 Å². The van der Waals surface area contributed by atoms with Gasteiger partial charge in [0.15, 0.2) is 5.60 Å². The van der Waals surface area contributed by atoms with Crippen LogP contribution in [0.4, 0.5) is 18.9 Å². The molecule has 0 aliphatic rings. The van der Waals surface area contributed by atoms with Gasteiger partial charge in [-0.1, -0.05) is 23.4 Å². The van der Waals surface area contributed by atoms with E-state index in [1.807, 2.05) is 13.0 Å². The Kier molecular flexibility index (Phi) is 5.90. The second-order valence-corrected chi connectivity index (χ2v) is 8.24. The van der Waals surface area contributed by atoms with Crippen LogP contribution in [0.15, 0.2) is 47.2 Å². The molecule has 1 atom stereocenters. The Morgan fingerprint density at radius 3 is 2.71 bits per heavy atom. The Labute approximate surface area is 192 Å². The maximum atomic E-state index is 13.0. The van der Waals surface area contributed by atoms with Gasteiger partial charge in [0, 0.05) is 23.9 Å². The molecule has 0 fully saturated rings. The smallest absolute Gasteiger partial charge is 0.381 e. The number of rotatable bonds is 6. The zero-order valence-electron chi connectivity index (χ0n) is 18.6. The Morgan fingerprint density at radius 2 is 1.97 bits per heavy atom. The van der Waals surface area contributed by atoms with Gasteiger partial charge < -0.3 is 14.9 Å². The molecule has 11 heteroatoms. The number of nitrogens with zero attached hydrogens (tertiary/aromatic N) is 4. The average molecular weight is 473 g/mol. The van der Waals surface area contributed by atoms with Crippen molar-refractivity contribution in [1.29, 1.82) is 0 Å². The fourth-order valence-corrected chi connectivity index (χ4v) is 3.52. The van der Waals surface area contributed by atoms with Crippen LogP contribution in [-0.2, 0) is 6.42 Å². The summed E-state index contributed by atoms with van der Waals surface area (Å²) in [6, 6.07) is 8.93. The lowest BCUT2D eigenvalue weighted by atomic mass is 9.99. The minimum absolute atomic E-state index is 0.0317. The molecule has 8 nitrogen and oxygen atoms in total. The Morgan fingerprint density at radius 1 is 1.21 bits per heavy atom. The van der Waals surface area contributed by atoms with Gasteiger partial charge >= 0.3 is 6.18 Å². The SMILES string of the molecule is Cc1ccc(-c2noc(CC[C@@](C)(O)C(F)(F)F)n2)c(C)c1NC(=O)c1cnc2ccccn12. The first-order valence-electron chi connectivity index (χ1n) is 10.4. The van der Waals surface area contributed by atoms with E-state index < -0.39 is 18.2 Å². The lowest BCUT2D eigenvalue weighted by Gasteiger charge is -2.25. The van der Waals surface area contributed by atoms with Gasteiger partial charge in [-0.25, -0.2) is 4.98 Å². The molecule has 0 saturated carbocycles. The Balaban J connectivity index is 1.57. The highest BCUT2D eigenvalue weighted by Gasteiger charge is 2.49. The topological polar surface area (TPSA) is 106 Å². The second-order valence-electron chi connectivity index (χ2n) is 8.24. The summed E-state index contributed by atoms with van der Waals surface area (Å²) in [5.74, 6) is -0.217. The van der Waals surface area contributed by atoms with E-state index in [2.05, 4.69) is 20.4 Å². The fraction of sp³-hybridized carbons (Fsp3) is 0.304. The molecule has 1 aromatic carbocycles. The molecule has 0 aliphatic carbocycles. The first-order valence-corrected chi connectivity index (χ1v) is 10.4. The zero-order chi connectivity index (χ0) is 24.7. The van der Waals surface area contributed by atoms with Gasteiger partial charge in [0.25, 0.3) is 5.91 Å². The molecule has 0 unspecified atom stereocenters. The largest absolute Gasteiger partial charge is 0.416 e. The number of imidazole rings is 1. The van der Waals surface area contributed by atoms with Crippen molar-refractivity contribution in [2.75, 3.05) is 5.32 Å². The van der Waals surface area contributed by atoms with Crippen LogP contribution in [-0.4, -0.2) is 42.3 Å². The maximum absolute atomic E-state index is 13.0. The summed E-state index contributed by atoms with van der Waals surface area (Å²) in [6.07, 6.45) is -2.41. The number of alkyl halides is 3. The molecule has 178 valence electrons. The molecule has 3 aromatic heterocycles. The number of hydrogen-bond acceptors (Lipinski definition) is 6. The molecule has 4 rings (SSSR count). The summed E-state index contributed by atoms with van der Waals surface area (Å²) < 4.78 is 45.4. The second kappa shape index (κ2) is 8.56. The summed E-state index contributed by atoms with van der Waals surface area (Å²) in [5.41, 5.74) is 0.704. The lowest BCUT2D eigenvalue weighted by Crippen LogP contribution is -2.42. The monoisotopic (exact) mass is 473 g/mol. The summed E-state index contributed by atoms with van der Waals surface area (Å²) >= 11 is 0. The number of aromatic nitrogens is 4. The van der Waals surface area contributed by atoms with Crippen molar-refractivity contribution >= 4 is 17.2 Å². The van der Waals surface area contributed by atoms with Crippen LogP contribution in [0.2, 0.25) is 0 Å². The van der Waals surface area contributed by atoms with E-state index in [-0.39, 0.29) is 24.0 Å². The van der Waals surface area contributed by atoms with Crippen molar-refractivity contribution in [3.63, 3.8) is 0 Å². The maximum Gasteiger partial charge on any atom is 0.416 e. The van der Waals surface area contributed by atoms with Crippen molar-refractivity contribution < 1.29 is 27.6 Å². The average Bonchev–Trinajstić information content (AvgIpc) is 3.41. The van der Waals surface area contributed by atoms with Crippen molar-refractivity contribution in [1.82, 2.24) is 19.5 Å². The number of pyridine rings is 1. The summed E-state index contributed by atoms with van der Waals surface area (Å²) in [6.45, 7) is 4.31. The molecule has 2 N–H and O–H groups in total. The molecular weight excluding hydrogens is 451 g/mol. The normalized spacial score (nSPS) is 13.7. The van der Waals surface area contributed by atoms with Gasteiger partial charge in [-0.05, 0) is 50.5 Å². The van der Waals surface area contributed by atoms with E-state index in [4.69, 9.17) is 4.52 Å². The first kappa shape index (κ1) is 23.4. The number of fused-ring (bicyclic) bond motifs is 1. The van der Waals surface area contributed by atoms with Crippen LogP contribution in [0.5, 0.6) is 0 Å². The number of benzene rings is 1. The molecule has 0 radical (unpaired) electrons. The van der Waals surface area contributed by atoms with E-state index in [0.29, 0.717) is 35.1 Å². The van der Waals surface area contributed by atoms with Gasteiger partial charge in [0.2, 0.25) is 11.7 Å². The minimum Gasteiger partial charge on any atom is -0.381 e. The molecule has 3 heterocycles. The summed E-state index contributed by atoms with van der Waals surface area (Å²) in [5, 5.41) is 16.4. The van der Waals surface area contributed by atoms with E-state index in [1.54, 1.807) is 41.8 Å². The number of anilines is 1. The van der Waals surface area contributed by atoms with Gasteiger partial charge in [-0.15, -0.1) is 0 Å². The molecule has 0 bridgehead atoms. The molecular formula is C23H22F3N5O3. The van der Waals surface area contributed by atoms with Gasteiger partial charge in [0.1, 0.15) is 11.3 Å². The van der Waals surface area contributed by atoms with Gasteiger partial charge in [-0.3, -0.25) is 9.20 Å². The number of carbonyl (C=O) groups is 1. The lowest BCUT2D eigenvalue weighted by molar-refractivity contribution is -0.255. The standard InChI is InChI=1S/C23H22F3N5O3/c1-13-7-8-15(20-28-18(34-30-20)9-10-22(3,33)23(24,25)26)14(2)19(13)29-21(32)16-12-27-17-6-4-5-11-31(16)17/h4-8,11-12,33H,9-10H2,1-3H3,(H,29,32)/t22-/m1/s1. The Hall–Kier alpha value is -3.73. The Bertz CT molecular complexity index is 1360. The molecule has 0 saturated heterocycles. The number of carbonyl (C=O) groups excluding carboxylic acids is 1. The van der Waals surface area contributed by atoms with E-state index in [9.17, 15) is 23.1 Å². The van der Waals surface area contributed by atoms with Crippen LogP contribution in [0.3, 0.4) is 0 Å². The third-order valence-corrected chi connectivity index (χ3v) is 5.71. The number of nitrogens with one attached hydrogen (secondary N) is 1. The zero-order valence-corrected chi connectivity index (χ0v) is 18.6. The molecule has 4 aromatic rings. The highest BCUT2D eigenvalue weighted by atomic mass is 19.4. The third-order valence-electron chi connectivity index (χ3n) is 5.71. The van der Waals surface area contributed by atoms with E-state index in [0.717, 1.165) is 5.56 Å². The quantitative estimate of drug-likeness (QED) is 0.427. The van der Waals surface area contributed by atoms with Gasteiger partial charge in [0.05, 0.1) is 6.20 Å². The van der Waals surface area contributed by atoms with Crippen LogP contribution in [0.25, 0.3) is 17.0 Å². The number of aliphatic hydroxyl groups is 1. The summed E-state index contributed by atoms with van der Waals surface area (Å²) in [4.78, 5) is 21.4. The number of aryl methyl sites for hydroxylation is 2. The number of hydrogen-bond donors (Lipinski definition) is 2.